The average molecular weight is 608 g/mol. The fraction of sp³-hybridized carbons (Fsp3) is 0.143. The molecular weight excluding hydrogens is 581 g/mol. The van der Waals surface area contributed by atoms with Gasteiger partial charge in [-0.3, -0.25) is 9.36 Å². The molecule has 6 rings (SSSR count). The van der Waals surface area contributed by atoms with Crippen LogP contribution in [0.5, 0.6) is 0 Å². The Hall–Kier alpha value is -5.61. The van der Waals surface area contributed by atoms with Crippen molar-refractivity contribution in [2.75, 3.05) is 6.61 Å². The summed E-state index contributed by atoms with van der Waals surface area (Å²) in [6.45, 7) is -0.424. The molecular formula is C35H26FNO8. The maximum absolute atomic E-state index is 14.9. The molecule has 1 fully saturated rings. The Kier molecular flexibility index (Phi) is 8.47. The molecule has 1 aromatic heterocycles. The smallest absolute Gasteiger partial charge is 0.338 e. The summed E-state index contributed by atoms with van der Waals surface area (Å²) in [5, 5.41) is 0.154. The number of rotatable bonds is 8. The van der Waals surface area contributed by atoms with E-state index in [9.17, 15) is 23.6 Å². The van der Waals surface area contributed by atoms with Crippen molar-refractivity contribution in [2.45, 2.75) is 24.5 Å². The van der Waals surface area contributed by atoms with Crippen molar-refractivity contribution in [3.05, 3.63) is 154 Å². The molecule has 2 heterocycles. The molecule has 0 N–H and O–H groups in total. The number of carbonyl (C=O) groups is 3. The highest BCUT2D eigenvalue weighted by Crippen LogP contribution is 2.35. The lowest BCUT2D eigenvalue weighted by atomic mass is 10.1. The standard InChI is InChI=1S/C35H26FNO8/c36-26-18-10-17-22-19-20-37(31(38)28(22)26)32-30(45-35(41)25-15-8-3-9-16-25)29(44-34(40)24-13-6-2-7-14-24)27(43-32)21-42-33(39)23-11-4-1-5-12-23/h1-20,27,29-30,32H,21H2/t27-,29+,30-,32-/m1/s1. The first-order valence-corrected chi connectivity index (χ1v) is 14.1. The Labute approximate surface area is 256 Å². The number of halogens is 1. The van der Waals surface area contributed by atoms with Crippen LogP contribution in [0.3, 0.4) is 0 Å². The molecule has 0 spiro atoms. The normalized spacial score (nSPS) is 19.1. The number of hydrogen-bond donors (Lipinski definition) is 0. The molecule has 0 amide bonds. The fourth-order valence-corrected chi connectivity index (χ4v) is 5.14. The lowest BCUT2D eigenvalue weighted by molar-refractivity contribution is -0.0632. The van der Waals surface area contributed by atoms with Gasteiger partial charge in [0.15, 0.2) is 18.4 Å². The highest BCUT2D eigenvalue weighted by atomic mass is 19.1. The third-order valence-electron chi connectivity index (χ3n) is 7.36. The molecule has 0 bridgehead atoms. The summed E-state index contributed by atoms with van der Waals surface area (Å²) >= 11 is 0. The summed E-state index contributed by atoms with van der Waals surface area (Å²) in [6, 6.07) is 30.2. The number of pyridine rings is 1. The van der Waals surface area contributed by atoms with Crippen LogP contribution in [0.1, 0.15) is 37.3 Å². The second kappa shape index (κ2) is 12.9. The summed E-state index contributed by atoms with van der Waals surface area (Å²) in [4.78, 5) is 53.1. The fourth-order valence-electron chi connectivity index (χ4n) is 5.14. The van der Waals surface area contributed by atoms with E-state index in [1.165, 1.54) is 30.5 Å². The number of aromatic nitrogens is 1. The van der Waals surface area contributed by atoms with Gasteiger partial charge in [-0.2, -0.15) is 0 Å². The molecule has 5 aromatic rings. The van der Waals surface area contributed by atoms with Crippen LogP contribution in [0.15, 0.2) is 126 Å². The minimum absolute atomic E-state index is 0.195. The molecule has 45 heavy (non-hydrogen) atoms. The van der Waals surface area contributed by atoms with E-state index >= 15 is 0 Å². The van der Waals surface area contributed by atoms with Gasteiger partial charge in [0.05, 0.1) is 22.1 Å². The van der Waals surface area contributed by atoms with Gasteiger partial charge in [-0.05, 0) is 53.9 Å². The Bertz CT molecular complexity index is 1900. The van der Waals surface area contributed by atoms with Gasteiger partial charge in [-0.1, -0.05) is 66.7 Å². The zero-order chi connectivity index (χ0) is 31.3. The van der Waals surface area contributed by atoms with Crippen LogP contribution in [0.2, 0.25) is 0 Å². The van der Waals surface area contributed by atoms with Crippen molar-refractivity contribution in [1.82, 2.24) is 4.57 Å². The molecule has 1 aliphatic rings. The van der Waals surface area contributed by atoms with Gasteiger partial charge in [-0.15, -0.1) is 0 Å². The van der Waals surface area contributed by atoms with Crippen LogP contribution in [0.4, 0.5) is 4.39 Å². The first-order valence-electron chi connectivity index (χ1n) is 14.1. The third kappa shape index (κ3) is 6.22. The summed E-state index contributed by atoms with van der Waals surface area (Å²) in [5.41, 5.74) is -0.0797. The molecule has 0 radical (unpaired) electrons. The molecule has 10 heteroatoms. The topological polar surface area (TPSA) is 110 Å². The zero-order valence-corrected chi connectivity index (χ0v) is 23.7. The predicted octanol–water partition coefficient (Wildman–Crippen LogP) is 5.35. The molecule has 9 nitrogen and oxygen atoms in total. The van der Waals surface area contributed by atoms with Gasteiger partial charge in [0.2, 0.25) is 0 Å². The van der Waals surface area contributed by atoms with E-state index in [-0.39, 0.29) is 22.1 Å². The van der Waals surface area contributed by atoms with Crippen LogP contribution in [-0.4, -0.2) is 47.4 Å². The maximum atomic E-state index is 14.9. The van der Waals surface area contributed by atoms with E-state index in [1.54, 1.807) is 84.9 Å². The Morgan fingerprint density at radius 2 is 1.20 bits per heavy atom. The third-order valence-corrected chi connectivity index (χ3v) is 7.36. The number of hydrogen-bond acceptors (Lipinski definition) is 8. The van der Waals surface area contributed by atoms with E-state index in [2.05, 4.69) is 0 Å². The van der Waals surface area contributed by atoms with Gasteiger partial charge in [0.25, 0.3) is 5.56 Å². The lowest BCUT2D eigenvalue weighted by Crippen LogP contribution is -2.42. The van der Waals surface area contributed by atoms with E-state index in [0.29, 0.717) is 5.39 Å². The largest absolute Gasteiger partial charge is 0.459 e. The maximum Gasteiger partial charge on any atom is 0.338 e. The molecule has 226 valence electrons. The predicted molar refractivity (Wildman–Crippen MR) is 160 cm³/mol. The second-order valence-corrected chi connectivity index (χ2v) is 10.2. The van der Waals surface area contributed by atoms with Gasteiger partial charge >= 0.3 is 17.9 Å². The average Bonchev–Trinajstić information content (AvgIpc) is 3.40. The highest BCUT2D eigenvalue weighted by Gasteiger charge is 2.51. The first-order chi connectivity index (χ1) is 21.9. The number of ether oxygens (including phenoxy) is 4. The van der Waals surface area contributed by atoms with E-state index in [4.69, 9.17) is 18.9 Å². The van der Waals surface area contributed by atoms with Crippen molar-refractivity contribution in [2.24, 2.45) is 0 Å². The van der Waals surface area contributed by atoms with Gasteiger partial charge in [0.1, 0.15) is 18.5 Å². The van der Waals surface area contributed by atoms with E-state index < -0.39 is 60.4 Å². The molecule has 1 saturated heterocycles. The van der Waals surface area contributed by atoms with Crippen LogP contribution >= 0.6 is 0 Å². The van der Waals surface area contributed by atoms with Gasteiger partial charge in [0, 0.05) is 6.20 Å². The molecule has 1 aliphatic heterocycles. The van der Waals surface area contributed by atoms with Crippen molar-refractivity contribution < 1.29 is 37.7 Å². The minimum atomic E-state index is -1.41. The summed E-state index contributed by atoms with van der Waals surface area (Å²) in [7, 11) is 0. The molecule has 4 atom stereocenters. The van der Waals surface area contributed by atoms with Crippen LogP contribution in [-0.2, 0) is 18.9 Å². The van der Waals surface area contributed by atoms with Gasteiger partial charge < -0.3 is 18.9 Å². The summed E-state index contributed by atoms with van der Waals surface area (Å²) in [6.07, 6.45) is -3.95. The molecule has 0 saturated carbocycles. The molecule has 4 aromatic carbocycles. The van der Waals surface area contributed by atoms with Crippen molar-refractivity contribution >= 4 is 28.7 Å². The number of esters is 3. The van der Waals surface area contributed by atoms with Crippen molar-refractivity contribution in [3.63, 3.8) is 0 Å². The first kappa shape index (κ1) is 29.5. The zero-order valence-electron chi connectivity index (χ0n) is 23.7. The number of fused-ring (bicyclic) bond motifs is 1. The number of benzene rings is 4. The van der Waals surface area contributed by atoms with Crippen molar-refractivity contribution in [3.8, 4) is 0 Å². The Balaban J connectivity index is 1.40. The number of nitrogens with zero attached hydrogens (tertiary/aromatic N) is 1. The molecule has 0 unspecified atom stereocenters. The van der Waals surface area contributed by atoms with Crippen molar-refractivity contribution in [1.29, 1.82) is 0 Å². The monoisotopic (exact) mass is 607 g/mol. The highest BCUT2D eigenvalue weighted by molar-refractivity contribution is 5.91. The van der Waals surface area contributed by atoms with E-state index in [0.717, 1.165) is 10.6 Å². The quantitative estimate of drug-likeness (QED) is 0.172. The molecule has 0 aliphatic carbocycles. The minimum Gasteiger partial charge on any atom is -0.459 e. The van der Waals surface area contributed by atoms with Crippen LogP contribution < -0.4 is 5.56 Å². The Morgan fingerprint density at radius 3 is 1.78 bits per heavy atom. The summed E-state index contributed by atoms with van der Waals surface area (Å²) in [5.74, 6) is -2.96. The SMILES string of the molecule is O=C(OC[C@H]1O[C@@H](n2ccc3cccc(F)c3c2=O)[C@H](OC(=O)c2ccccc2)[C@H]1OC(=O)c1ccccc1)c1ccccc1. The van der Waals surface area contributed by atoms with Crippen LogP contribution in [0.25, 0.3) is 10.8 Å². The number of carbonyl (C=O) groups excluding carboxylic acids is 3. The van der Waals surface area contributed by atoms with Gasteiger partial charge in [-0.25, -0.2) is 18.8 Å². The van der Waals surface area contributed by atoms with E-state index in [1.807, 2.05) is 0 Å². The second-order valence-electron chi connectivity index (χ2n) is 10.2. The summed E-state index contributed by atoms with van der Waals surface area (Å²) < 4.78 is 39.5. The Morgan fingerprint density at radius 1 is 0.667 bits per heavy atom. The lowest BCUT2D eigenvalue weighted by Gasteiger charge is -2.25. The van der Waals surface area contributed by atoms with Crippen LogP contribution in [0, 0.1) is 5.82 Å².